The second-order valence-electron chi connectivity index (χ2n) is 12.6. The highest BCUT2D eigenvalue weighted by molar-refractivity contribution is 7.97. The smallest absolute Gasteiger partial charge is 0.162 e. The minimum absolute atomic E-state index is 0.0997. The molecule has 0 aromatic heterocycles. The quantitative estimate of drug-likeness (QED) is 0.246. The minimum Gasteiger partial charge on any atom is -0.384 e. The van der Waals surface area contributed by atoms with E-state index < -0.39 is 5.92 Å². The monoisotopic (exact) mass is 583 g/mol. The first-order valence-electron chi connectivity index (χ1n) is 14.8. The summed E-state index contributed by atoms with van der Waals surface area (Å²) >= 11 is 1.88. The number of hydrogen-bond acceptors (Lipinski definition) is 5. The molecule has 43 heavy (non-hydrogen) atoms. The summed E-state index contributed by atoms with van der Waals surface area (Å²) in [6.07, 6.45) is 1.13. The number of benzene rings is 4. The van der Waals surface area contributed by atoms with Gasteiger partial charge in [-0.3, -0.25) is 9.69 Å². The number of Topliss-reactive ketones (excluding diaryl/α,β-unsaturated/α-hetero) is 1. The van der Waals surface area contributed by atoms with Gasteiger partial charge in [0.1, 0.15) is 5.82 Å². The number of nitrogens with zero attached hydrogens (tertiary/aromatic N) is 2. The van der Waals surface area contributed by atoms with Crippen molar-refractivity contribution in [3.63, 3.8) is 0 Å². The maximum absolute atomic E-state index is 14.2. The Morgan fingerprint density at radius 3 is 2.44 bits per heavy atom. The fourth-order valence-corrected chi connectivity index (χ4v) is 7.81. The Morgan fingerprint density at radius 1 is 0.953 bits per heavy atom. The molecule has 2 N–H and O–H groups in total. The maximum atomic E-state index is 14.2. The number of carbonyl (C=O) groups is 1. The summed E-state index contributed by atoms with van der Waals surface area (Å²) in [6.45, 7) is 8.52. The van der Waals surface area contributed by atoms with Crippen molar-refractivity contribution in [2.24, 2.45) is 11.1 Å². The van der Waals surface area contributed by atoms with Crippen LogP contribution in [0, 0.1) is 30.6 Å². The number of fused-ring (bicyclic) bond motifs is 1. The van der Waals surface area contributed by atoms with Crippen LogP contribution in [0.2, 0.25) is 0 Å². The van der Waals surface area contributed by atoms with Crippen LogP contribution >= 0.6 is 11.8 Å². The van der Waals surface area contributed by atoms with Gasteiger partial charge in [0.05, 0.1) is 23.2 Å². The lowest BCUT2D eigenvalue weighted by atomic mass is 9.68. The molecule has 1 aliphatic heterocycles. The van der Waals surface area contributed by atoms with Crippen LogP contribution in [0.25, 0.3) is 10.8 Å². The molecule has 1 aliphatic carbocycles. The summed E-state index contributed by atoms with van der Waals surface area (Å²) in [5.74, 6) is 1.79. The normalized spacial score (nSPS) is 18.2. The molecular weight excluding hydrogens is 547 g/mol. The SMILES string of the molecule is Cc1cc(CSCc2ccccc2)c(C)c(C2C(C#N)=C(N)N(c3cccc4ccccc34)C3=C2C(=O)CC(C)(C)C3)c1. The van der Waals surface area contributed by atoms with E-state index in [1.807, 2.05) is 47.0 Å². The lowest BCUT2D eigenvalue weighted by Gasteiger charge is -2.44. The molecule has 0 saturated heterocycles. The van der Waals surface area contributed by atoms with Crippen LogP contribution in [0.5, 0.6) is 0 Å². The van der Waals surface area contributed by atoms with Gasteiger partial charge in [-0.2, -0.15) is 17.0 Å². The molecule has 6 rings (SSSR count). The molecule has 4 nitrogen and oxygen atoms in total. The maximum Gasteiger partial charge on any atom is 0.162 e. The van der Waals surface area contributed by atoms with E-state index in [0.29, 0.717) is 24.2 Å². The van der Waals surface area contributed by atoms with Crippen LogP contribution in [0.4, 0.5) is 5.69 Å². The molecule has 2 aliphatic rings. The fourth-order valence-electron chi connectivity index (χ4n) is 6.76. The summed E-state index contributed by atoms with van der Waals surface area (Å²) in [7, 11) is 0. The standard InChI is InChI=1S/C38H37N3OS/c1-24-17-28(23-43-22-26-11-6-5-7-12-26)25(2)30(18-24)35-31(21-39)37(40)41(33-19-38(3,4)20-34(42)36(33)35)32-16-10-14-27-13-8-9-15-29(27)32/h5-18,35H,19-20,22-23,40H2,1-4H3. The number of carbonyl (C=O) groups excluding carboxylic acids is 1. The Kier molecular flexibility index (Phi) is 7.66. The Morgan fingerprint density at radius 2 is 1.67 bits per heavy atom. The molecule has 0 saturated carbocycles. The van der Waals surface area contributed by atoms with Crippen molar-refractivity contribution in [3.8, 4) is 6.07 Å². The van der Waals surface area contributed by atoms with E-state index in [-0.39, 0.29) is 11.2 Å². The lowest BCUT2D eigenvalue weighted by Crippen LogP contribution is -2.42. The van der Waals surface area contributed by atoms with Crippen LogP contribution < -0.4 is 10.6 Å². The van der Waals surface area contributed by atoms with Gasteiger partial charge < -0.3 is 5.73 Å². The second kappa shape index (κ2) is 11.4. The van der Waals surface area contributed by atoms with Crippen molar-refractivity contribution in [3.05, 3.63) is 135 Å². The Bertz CT molecular complexity index is 1840. The van der Waals surface area contributed by atoms with Crippen molar-refractivity contribution in [2.75, 3.05) is 4.90 Å². The van der Waals surface area contributed by atoms with Crippen LogP contribution in [0.3, 0.4) is 0 Å². The highest BCUT2D eigenvalue weighted by atomic mass is 32.2. The molecule has 5 heteroatoms. The van der Waals surface area contributed by atoms with Crippen molar-refractivity contribution in [1.82, 2.24) is 0 Å². The van der Waals surface area contributed by atoms with Crippen molar-refractivity contribution < 1.29 is 4.79 Å². The fraction of sp³-hybridized carbons (Fsp3) is 0.263. The van der Waals surface area contributed by atoms with Gasteiger partial charge in [-0.25, -0.2) is 0 Å². The van der Waals surface area contributed by atoms with Gasteiger partial charge in [0, 0.05) is 34.6 Å². The third-order valence-corrected chi connectivity index (χ3v) is 9.82. The molecule has 0 fully saturated rings. The molecule has 0 amide bonds. The zero-order valence-corrected chi connectivity index (χ0v) is 26.1. The highest BCUT2D eigenvalue weighted by Gasteiger charge is 2.45. The number of aryl methyl sites for hydroxylation is 1. The molecule has 0 bridgehead atoms. The molecule has 0 radical (unpaired) electrons. The Hall–Kier alpha value is -4.27. The third-order valence-electron chi connectivity index (χ3n) is 8.77. The molecule has 1 atom stereocenters. The number of ketones is 1. The van der Waals surface area contributed by atoms with Crippen LogP contribution in [-0.2, 0) is 16.3 Å². The zero-order chi connectivity index (χ0) is 30.3. The predicted molar refractivity (Wildman–Crippen MR) is 178 cm³/mol. The molecule has 4 aromatic carbocycles. The summed E-state index contributed by atoms with van der Waals surface area (Å²) in [6, 6.07) is 31.7. The van der Waals surface area contributed by atoms with Crippen LogP contribution in [-0.4, -0.2) is 5.78 Å². The van der Waals surface area contributed by atoms with Crippen LogP contribution in [0.15, 0.2) is 108 Å². The van der Waals surface area contributed by atoms with Gasteiger partial charge in [-0.15, -0.1) is 0 Å². The van der Waals surface area contributed by atoms with E-state index in [1.165, 1.54) is 11.1 Å². The van der Waals surface area contributed by atoms with Crippen molar-refractivity contribution in [1.29, 1.82) is 5.26 Å². The first kappa shape index (κ1) is 28.8. The van der Waals surface area contributed by atoms with Crippen LogP contribution in [0.1, 0.15) is 60.4 Å². The summed E-state index contributed by atoms with van der Waals surface area (Å²) in [4.78, 5) is 16.2. The average molecular weight is 584 g/mol. The van der Waals surface area contributed by atoms with E-state index in [2.05, 4.69) is 88.4 Å². The molecule has 216 valence electrons. The van der Waals surface area contributed by atoms with Gasteiger partial charge in [0.2, 0.25) is 0 Å². The summed E-state index contributed by atoms with van der Waals surface area (Å²) in [5, 5.41) is 12.8. The van der Waals surface area contributed by atoms with E-state index in [4.69, 9.17) is 5.73 Å². The summed E-state index contributed by atoms with van der Waals surface area (Å²) in [5.41, 5.74) is 15.6. The van der Waals surface area contributed by atoms with Gasteiger partial charge in [-0.1, -0.05) is 98.3 Å². The van der Waals surface area contributed by atoms with Gasteiger partial charge in [0.25, 0.3) is 0 Å². The Labute approximate surface area is 258 Å². The third kappa shape index (κ3) is 5.37. The lowest BCUT2D eigenvalue weighted by molar-refractivity contribution is -0.118. The number of hydrogen-bond donors (Lipinski definition) is 1. The second-order valence-corrected chi connectivity index (χ2v) is 13.6. The number of thioether (sulfide) groups is 1. The number of nitriles is 1. The van der Waals surface area contributed by atoms with Gasteiger partial charge >= 0.3 is 0 Å². The molecule has 1 unspecified atom stereocenters. The number of rotatable bonds is 6. The van der Waals surface area contributed by atoms with E-state index in [9.17, 15) is 10.1 Å². The molecular formula is C38H37N3OS. The van der Waals surface area contributed by atoms with Gasteiger partial charge in [-0.05, 0) is 59.4 Å². The molecule has 1 heterocycles. The molecule has 4 aromatic rings. The number of allylic oxidation sites excluding steroid dienone is 3. The predicted octanol–water partition coefficient (Wildman–Crippen LogP) is 8.83. The highest BCUT2D eigenvalue weighted by Crippen LogP contribution is 2.51. The largest absolute Gasteiger partial charge is 0.384 e. The first-order chi connectivity index (χ1) is 20.7. The first-order valence-corrected chi connectivity index (χ1v) is 16.0. The van der Waals surface area contributed by atoms with Gasteiger partial charge in [0.15, 0.2) is 5.78 Å². The van der Waals surface area contributed by atoms with E-state index >= 15 is 0 Å². The topological polar surface area (TPSA) is 70.1 Å². The van der Waals surface area contributed by atoms with Crippen molar-refractivity contribution in [2.45, 2.75) is 58.0 Å². The minimum atomic E-state index is -0.493. The van der Waals surface area contributed by atoms with E-state index in [1.54, 1.807) is 0 Å². The number of nitrogens with two attached hydrogens (primary N) is 1. The zero-order valence-electron chi connectivity index (χ0n) is 25.3. The summed E-state index contributed by atoms with van der Waals surface area (Å²) < 4.78 is 0. The number of anilines is 1. The molecule has 0 spiro atoms. The van der Waals surface area contributed by atoms with Crippen molar-refractivity contribution >= 4 is 34.0 Å². The average Bonchev–Trinajstić information content (AvgIpc) is 2.98. The Balaban J connectivity index is 1.50. The van der Waals surface area contributed by atoms with E-state index in [0.717, 1.165) is 55.9 Å².